The summed E-state index contributed by atoms with van der Waals surface area (Å²) >= 11 is 12.3. The van der Waals surface area contributed by atoms with Gasteiger partial charge >= 0.3 is 12.4 Å². The summed E-state index contributed by atoms with van der Waals surface area (Å²) in [5, 5.41) is 10.0. The molecule has 0 saturated carbocycles. The van der Waals surface area contributed by atoms with Crippen molar-refractivity contribution in [2.75, 3.05) is 0 Å². The van der Waals surface area contributed by atoms with Gasteiger partial charge in [-0.3, -0.25) is 9.56 Å². The lowest BCUT2D eigenvalue weighted by Crippen LogP contribution is -2.14. The first-order chi connectivity index (χ1) is 18.3. The van der Waals surface area contributed by atoms with Crippen molar-refractivity contribution in [3.63, 3.8) is 0 Å². The zero-order valence-electron chi connectivity index (χ0n) is 19.1. The molecule has 4 aromatic rings. The molecule has 1 aliphatic heterocycles. The first-order valence-corrected chi connectivity index (χ1v) is 12.5. The van der Waals surface area contributed by atoms with E-state index in [-0.39, 0.29) is 21.1 Å². The predicted octanol–water partition coefficient (Wildman–Crippen LogP) is 9.08. The highest BCUT2D eigenvalue weighted by Crippen LogP contribution is 2.39. The van der Waals surface area contributed by atoms with Gasteiger partial charge in [-0.05, 0) is 48.5 Å². The Labute approximate surface area is 230 Å². The van der Waals surface area contributed by atoms with Gasteiger partial charge in [0.25, 0.3) is 0 Å². The second-order valence-corrected chi connectivity index (χ2v) is 10.0. The van der Waals surface area contributed by atoms with Crippen LogP contribution in [0.4, 0.5) is 37.7 Å². The van der Waals surface area contributed by atoms with Gasteiger partial charge in [0.15, 0.2) is 4.80 Å². The molecule has 0 saturated heterocycles. The van der Waals surface area contributed by atoms with Crippen molar-refractivity contribution >= 4 is 63.8 Å². The van der Waals surface area contributed by atoms with Crippen LogP contribution in [0.25, 0.3) is 17.3 Å². The molecule has 39 heavy (non-hydrogen) atoms. The molecule has 0 spiro atoms. The van der Waals surface area contributed by atoms with Crippen molar-refractivity contribution in [3.8, 4) is 11.6 Å². The molecule has 0 aliphatic carbocycles. The lowest BCUT2D eigenvalue weighted by Gasteiger charge is -2.12. The number of aliphatic imine (C=N–C) groups is 1. The van der Waals surface area contributed by atoms with E-state index >= 15 is 0 Å². The van der Waals surface area contributed by atoms with Crippen LogP contribution in [-0.2, 0) is 12.4 Å². The quantitative estimate of drug-likeness (QED) is 0.235. The van der Waals surface area contributed by atoms with Gasteiger partial charge in [-0.25, -0.2) is 4.99 Å². The van der Waals surface area contributed by atoms with E-state index < -0.39 is 39.4 Å². The summed E-state index contributed by atoms with van der Waals surface area (Å²) in [4.78, 5) is 8.60. The van der Waals surface area contributed by atoms with Crippen LogP contribution in [0.2, 0.25) is 10.0 Å². The largest absolute Gasteiger partial charge is 0.493 e. The highest BCUT2D eigenvalue weighted by atomic mass is 35.5. The molecule has 4 nitrogen and oxygen atoms in total. The number of alkyl halides is 6. The number of benzene rings is 3. The number of hydrogen-bond donors (Lipinski definition) is 1. The minimum Gasteiger partial charge on any atom is -0.493 e. The van der Waals surface area contributed by atoms with Crippen molar-refractivity contribution in [2.45, 2.75) is 12.4 Å². The number of hydrogen-bond acceptors (Lipinski definition) is 4. The number of rotatable bonds is 3. The molecular formula is C26H13Cl2F6N3OS. The van der Waals surface area contributed by atoms with Crippen molar-refractivity contribution in [1.82, 2.24) is 4.57 Å². The maximum absolute atomic E-state index is 13.6. The molecule has 2 heterocycles. The number of halogens is 8. The van der Waals surface area contributed by atoms with Crippen LogP contribution in [0.15, 0.2) is 70.6 Å². The van der Waals surface area contributed by atoms with E-state index in [4.69, 9.17) is 23.2 Å². The number of nitrogens with zero attached hydrogens (tertiary/aromatic N) is 3. The van der Waals surface area contributed by atoms with Gasteiger partial charge in [0.2, 0.25) is 5.88 Å². The Kier molecular flexibility index (Phi) is 6.86. The maximum atomic E-state index is 13.6. The van der Waals surface area contributed by atoms with E-state index in [1.807, 2.05) is 0 Å². The Morgan fingerprint density at radius 3 is 2.21 bits per heavy atom. The molecule has 0 bridgehead atoms. The molecule has 1 aliphatic rings. The van der Waals surface area contributed by atoms with Crippen LogP contribution in [-0.4, -0.2) is 15.9 Å². The third-order valence-electron chi connectivity index (χ3n) is 5.66. The summed E-state index contributed by atoms with van der Waals surface area (Å²) in [5.41, 5.74) is -0.579. The molecule has 3 aromatic carbocycles. The predicted molar refractivity (Wildman–Crippen MR) is 139 cm³/mol. The molecule has 200 valence electrons. The summed E-state index contributed by atoms with van der Waals surface area (Å²) in [6.45, 7) is 0. The Morgan fingerprint density at radius 2 is 1.51 bits per heavy atom. The molecule has 1 N–H and O–H groups in total. The monoisotopic (exact) mass is 599 g/mol. The molecule has 13 heteroatoms. The zero-order chi connectivity index (χ0) is 28.1. The van der Waals surface area contributed by atoms with E-state index in [1.54, 1.807) is 36.6 Å². The van der Waals surface area contributed by atoms with E-state index in [2.05, 4.69) is 9.98 Å². The lowest BCUT2D eigenvalue weighted by molar-refractivity contribution is -0.138. The van der Waals surface area contributed by atoms with E-state index in [0.29, 0.717) is 17.3 Å². The second kappa shape index (κ2) is 9.89. The fraction of sp³-hybridized carbons (Fsp3) is 0.0769. The average Bonchev–Trinajstić information content (AvgIpc) is 3.40. The van der Waals surface area contributed by atoms with Gasteiger partial charge in [0.1, 0.15) is 0 Å². The maximum Gasteiger partial charge on any atom is 0.417 e. The molecule has 0 radical (unpaired) electrons. The molecule has 0 amide bonds. The van der Waals surface area contributed by atoms with E-state index in [9.17, 15) is 31.4 Å². The van der Waals surface area contributed by atoms with Gasteiger partial charge in [-0.1, -0.05) is 52.7 Å². The molecule has 0 atom stereocenters. The zero-order valence-corrected chi connectivity index (χ0v) is 21.5. The number of allylic oxidation sites excluding steroid dienone is 1. The Morgan fingerprint density at radius 1 is 0.872 bits per heavy atom. The minimum absolute atomic E-state index is 0.103. The van der Waals surface area contributed by atoms with Crippen LogP contribution < -0.4 is 4.80 Å². The topological polar surface area (TPSA) is 49.9 Å². The van der Waals surface area contributed by atoms with Gasteiger partial charge in [-0.2, -0.15) is 26.3 Å². The van der Waals surface area contributed by atoms with Gasteiger partial charge in [-0.15, -0.1) is 0 Å². The highest BCUT2D eigenvalue weighted by Gasteiger charge is 2.34. The normalized spacial score (nSPS) is 14.9. The molecule has 0 unspecified atom stereocenters. The van der Waals surface area contributed by atoms with Crippen LogP contribution >= 0.6 is 34.5 Å². The average molecular weight is 600 g/mol. The van der Waals surface area contributed by atoms with Crippen LogP contribution in [0.5, 0.6) is 5.88 Å². The van der Waals surface area contributed by atoms with Gasteiger partial charge in [0, 0.05) is 17.4 Å². The lowest BCUT2D eigenvalue weighted by atomic mass is 10.1. The summed E-state index contributed by atoms with van der Waals surface area (Å²) in [7, 11) is 0. The smallest absolute Gasteiger partial charge is 0.417 e. The van der Waals surface area contributed by atoms with Crippen molar-refractivity contribution < 1.29 is 31.4 Å². The molecule has 5 rings (SSSR count). The van der Waals surface area contributed by atoms with Crippen molar-refractivity contribution in [3.05, 3.63) is 97.1 Å². The van der Waals surface area contributed by atoms with Crippen molar-refractivity contribution in [1.29, 1.82) is 0 Å². The molecule has 0 fully saturated rings. The summed E-state index contributed by atoms with van der Waals surface area (Å²) in [6, 6.07) is 13.1. The highest BCUT2D eigenvalue weighted by molar-refractivity contribution is 7.10. The number of thiazole rings is 1. The van der Waals surface area contributed by atoms with E-state index in [1.165, 1.54) is 12.1 Å². The standard InChI is InChI=1S/C26H13Cl2F6N3OS/c27-19-7-5-14(10-17(19)25(29,30)31)36-24-37(15-6-8-20(28)18(11-15)26(32,33)34)23(38)22(39-24)9-13-12-35-21-4-2-1-3-16(13)21/h1-12,38H/b13-9+,36-24?. The number of fused-ring (bicyclic) bond motifs is 1. The van der Waals surface area contributed by atoms with Crippen LogP contribution in [0, 0.1) is 0 Å². The Balaban J connectivity index is 1.75. The Hall–Kier alpha value is -3.54. The second-order valence-electron chi connectivity index (χ2n) is 8.22. The minimum atomic E-state index is -4.80. The van der Waals surface area contributed by atoms with E-state index in [0.717, 1.165) is 39.7 Å². The summed E-state index contributed by atoms with van der Waals surface area (Å²) in [5.74, 6) is -0.482. The first-order valence-electron chi connectivity index (χ1n) is 10.9. The van der Waals surface area contributed by atoms with Crippen LogP contribution in [0.1, 0.15) is 21.6 Å². The first kappa shape index (κ1) is 27.0. The van der Waals surface area contributed by atoms with Crippen molar-refractivity contribution in [2.24, 2.45) is 9.98 Å². The number of aromatic nitrogens is 1. The number of para-hydroxylation sites is 1. The van der Waals surface area contributed by atoms with Gasteiger partial charge < -0.3 is 5.11 Å². The number of aromatic hydroxyl groups is 1. The third-order valence-corrected chi connectivity index (χ3v) is 7.30. The Bertz CT molecular complexity index is 1730. The fourth-order valence-corrected chi connectivity index (χ4v) is 5.31. The summed E-state index contributed by atoms with van der Waals surface area (Å²) in [6.07, 6.45) is -6.44. The van der Waals surface area contributed by atoms with Crippen LogP contribution in [0.3, 0.4) is 0 Å². The molecular weight excluding hydrogens is 587 g/mol. The summed E-state index contributed by atoms with van der Waals surface area (Å²) < 4.78 is 82.0. The molecule has 1 aromatic heterocycles. The SMILES string of the molecule is Oc1c(/C=C2\C=Nc3ccccc32)sc(=Nc2ccc(Cl)c(C(F)(F)F)c2)n1-c1ccc(Cl)c(C(F)(F)F)c1. The third kappa shape index (κ3) is 5.34. The van der Waals surface area contributed by atoms with Gasteiger partial charge in [0.05, 0.1) is 43.1 Å². The fourth-order valence-electron chi connectivity index (χ4n) is 3.87.